The fraction of sp³-hybridized carbons (Fsp3) is 0.438. The molecular formula is C16H22N2O3. The van der Waals surface area contributed by atoms with Crippen molar-refractivity contribution >= 4 is 10.9 Å². The summed E-state index contributed by atoms with van der Waals surface area (Å²) in [5.74, 6) is 0. The van der Waals surface area contributed by atoms with Crippen LogP contribution < -0.4 is 5.32 Å². The summed E-state index contributed by atoms with van der Waals surface area (Å²) in [6.07, 6.45) is 1.27. The third kappa shape index (κ3) is 5.06. The molecule has 1 aromatic heterocycles. The first-order chi connectivity index (χ1) is 10.3. The monoisotopic (exact) mass is 290 g/mol. The van der Waals surface area contributed by atoms with Crippen LogP contribution in [0.15, 0.2) is 36.5 Å². The number of fused-ring (bicyclic) bond motifs is 1. The van der Waals surface area contributed by atoms with Crippen molar-refractivity contribution in [3.63, 3.8) is 0 Å². The minimum Gasteiger partial charge on any atom is -0.389 e. The molecule has 0 aliphatic carbocycles. The van der Waals surface area contributed by atoms with E-state index < -0.39 is 6.10 Å². The van der Waals surface area contributed by atoms with E-state index in [1.54, 1.807) is 13.3 Å². The lowest BCUT2D eigenvalue weighted by Crippen LogP contribution is -2.30. The second-order valence-electron chi connectivity index (χ2n) is 4.84. The van der Waals surface area contributed by atoms with Crippen LogP contribution in [0.4, 0.5) is 0 Å². The van der Waals surface area contributed by atoms with Gasteiger partial charge in [0.1, 0.15) is 0 Å². The Kier molecular flexibility index (Phi) is 6.56. The lowest BCUT2D eigenvalue weighted by Gasteiger charge is -2.13. The molecule has 2 N–H and O–H groups in total. The topological polar surface area (TPSA) is 63.6 Å². The lowest BCUT2D eigenvalue weighted by atomic mass is 10.1. The smallest absolute Gasteiger partial charge is 0.0897 e. The number of methoxy groups -OCH3 is 1. The van der Waals surface area contributed by atoms with Crippen molar-refractivity contribution in [3.8, 4) is 0 Å². The van der Waals surface area contributed by atoms with Crippen LogP contribution in [-0.4, -0.2) is 49.7 Å². The van der Waals surface area contributed by atoms with Gasteiger partial charge in [0, 0.05) is 31.8 Å². The molecule has 0 radical (unpaired) electrons. The zero-order valence-electron chi connectivity index (χ0n) is 12.3. The maximum atomic E-state index is 9.80. The molecule has 1 atom stereocenters. The van der Waals surface area contributed by atoms with Gasteiger partial charge in [0.05, 0.1) is 31.4 Å². The Labute approximate surface area is 124 Å². The van der Waals surface area contributed by atoms with Crippen LogP contribution in [0.1, 0.15) is 5.56 Å². The Hall–Kier alpha value is -1.53. The van der Waals surface area contributed by atoms with Crippen molar-refractivity contribution < 1.29 is 14.6 Å². The normalized spacial score (nSPS) is 12.7. The molecule has 0 bridgehead atoms. The molecule has 0 aliphatic heterocycles. The average molecular weight is 290 g/mol. The molecule has 114 valence electrons. The Balaban J connectivity index is 1.77. The van der Waals surface area contributed by atoms with E-state index in [9.17, 15) is 5.11 Å². The Bertz CT molecular complexity index is 543. The molecule has 0 saturated heterocycles. The van der Waals surface area contributed by atoms with Gasteiger partial charge in [0.25, 0.3) is 0 Å². The molecule has 0 amide bonds. The number of pyridine rings is 1. The largest absolute Gasteiger partial charge is 0.389 e. The van der Waals surface area contributed by atoms with Gasteiger partial charge < -0.3 is 19.9 Å². The zero-order valence-corrected chi connectivity index (χ0v) is 12.3. The van der Waals surface area contributed by atoms with E-state index in [1.807, 2.05) is 30.3 Å². The number of nitrogens with one attached hydrogen (secondary N) is 1. The van der Waals surface area contributed by atoms with Gasteiger partial charge in [-0.15, -0.1) is 0 Å². The minimum absolute atomic E-state index is 0.310. The molecule has 1 unspecified atom stereocenters. The molecule has 2 rings (SSSR count). The van der Waals surface area contributed by atoms with E-state index in [4.69, 9.17) is 9.47 Å². The zero-order chi connectivity index (χ0) is 14.9. The van der Waals surface area contributed by atoms with Crippen LogP contribution >= 0.6 is 0 Å². The number of hydrogen-bond acceptors (Lipinski definition) is 5. The highest BCUT2D eigenvalue weighted by molar-refractivity contribution is 5.81. The highest BCUT2D eigenvalue weighted by atomic mass is 16.5. The van der Waals surface area contributed by atoms with E-state index in [1.165, 1.54) is 0 Å². The van der Waals surface area contributed by atoms with E-state index in [0.717, 1.165) is 16.5 Å². The first-order valence-electron chi connectivity index (χ1n) is 7.09. The number of ether oxygens (including phenoxy) is 2. The quantitative estimate of drug-likeness (QED) is 0.683. The molecular weight excluding hydrogens is 268 g/mol. The van der Waals surface area contributed by atoms with Gasteiger partial charge in [-0.25, -0.2) is 0 Å². The molecule has 5 nitrogen and oxygen atoms in total. The molecule has 0 saturated carbocycles. The van der Waals surface area contributed by atoms with Crippen molar-refractivity contribution in [1.82, 2.24) is 10.3 Å². The Morgan fingerprint density at radius 2 is 2.10 bits per heavy atom. The lowest BCUT2D eigenvalue weighted by molar-refractivity contribution is 0.0137. The van der Waals surface area contributed by atoms with Gasteiger partial charge in [-0.1, -0.05) is 24.3 Å². The summed E-state index contributed by atoms with van der Waals surface area (Å²) in [4.78, 5) is 4.41. The summed E-state index contributed by atoms with van der Waals surface area (Å²) in [5.41, 5.74) is 2.12. The number of aliphatic hydroxyl groups is 1. The van der Waals surface area contributed by atoms with Gasteiger partial charge in [0.2, 0.25) is 0 Å². The number of benzene rings is 1. The highest BCUT2D eigenvalue weighted by Crippen LogP contribution is 2.15. The molecule has 21 heavy (non-hydrogen) atoms. The second kappa shape index (κ2) is 8.69. The SMILES string of the molecule is COCCOCC(O)CNCc1cccc2cccnc12. The fourth-order valence-electron chi connectivity index (χ4n) is 2.10. The predicted molar refractivity (Wildman–Crippen MR) is 82.2 cm³/mol. The van der Waals surface area contributed by atoms with Crippen molar-refractivity contribution in [2.75, 3.05) is 33.5 Å². The minimum atomic E-state index is -0.523. The van der Waals surface area contributed by atoms with Crippen LogP contribution in [0.2, 0.25) is 0 Å². The summed E-state index contributed by atoms with van der Waals surface area (Å²) in [7, 11) is 1.62. The molecule has 1 heterocycles. The highest BCUT2D eigenvalue weighted by Gasteiger charge is 2.05. The fourth-order valence-corrected chi connectivity index (χ4v) is 2.10. The molecule has 0 fully saturated rings. The van der Waals surface area contributed by atoms with E-state index in [0.29, 0.717) is 32.9 Å². The Morgan fingerprint density at radius 1 is 1.24 bits per heavy atom. The standard InChI is InChI=1S/C16H22N2O3/c1-20-8-9-21-12-15(19)11-17-10-14-5-2-4-13-6-3-7-18-16(13)14/h2-7,15,17,19H,8-12H2,1H3. The van der Waals surface area contributed by atoms with Gasteiger partial charge in [-0.3, -0.25) is 4.98 Å². The third-order valence-electron chi connectivity index (χ3n) is 3.15. The van der Waals surface area contributed by atoms with Gasteiger partial charge >= 0.3 is 0 Å². The molecule has 2 aromatic rings. The van der Waals surface area contributed by atoms with E-state index >= 15 is 0 Å². The van der Waals surface area contributed by atoms with Crippen LogP contribution in [0, 0.1) is 0 Å². The van der Waals surface area contributed by atoms with Crippen LogP contribution in [0.5, 0.6) is 0 Å². The number of para-hydroxylation sites is 1. The van der Waals surface area contributed by atoms with Crippen LogP contribution in [0.25, 0.3) is 10.9 Å². The summed E-state index contributed by atoms with van der Waals surface area (Å²) in [5, 5.41) is 14.2. The van der Waals surface area contributed by atoms with Crippen molar-refractivity contribution in [2.24, 2.45) is 0 Å². The first-order valence-corrected chi connectivity index (χ1v) is 7.09. The predicted octanol–water partition coefficient (Wildman–Crippen LogP) is 1.35. The molecule has 5 heteroatoms. The molecule has 1 aromatic carbocycles. The van der Waals surface area contributed by atoms with Crippen LogP contribution in [-0.2, 0) is 16.0 Å². The van der Waals surface area contributed by atoms with Gasteiger partial charge in [0.15, 0.2) is 0 Å². The third-order valence-corrected chi connectivity index (χ3v) is 3.15. The second-order valence-corrected chi connectivity index (χ2v) is 4.84. The summed E-state index contributed by atoms with van der Waals surface area (Å²) < 4.78 is 10.2. The number of aliphatic hydroxyl groups excluding tert-OH is 1. The summed E-state index contributed by atoms with van der Waals surface area (Å²) >= 11 is 0. The summed E-state index contributed by atoms with van der Waals surface area (Å²) in [6, 6.07) is 10.1. The number of aromatic nitrogens is 1. The molecule has 0 spiro atoms. The van der Waals surface area contributed by atoms with Crippen LogP contribution in [0.3, 0.4) is 0 Å². The maximum absolute atomic E-state index is 9.80. The maximum Gasteiger partial charge on any atom is 0.0897 e. The van der Waals surface area contributed by atoms with Gasteiger partial charge in [-0.2, -0.15) is 0 Å². The van der Waals surface area contributed by atoms with Gasteiger partial charge in [-0.05, 0) is 11.6 Å². The number of nitrogens with zero attached hydrogens (tertiary/aromatic N) is 1. The van der Waals surface area contributed by atoms with Crippen molar-refractivity contribution in [1.29, 1.82) is 0 Å². The average Bonchev–Trinajstić information content (AvgIpc) is 2.52. The number of rotatable bonds is 9. The van der Waals surface area contributed by atoms with Crippen molar-refractivity contribution in [3.05, 3.63) is 42.1 Å². The van der Waals surface area contributed by atoms with E-state index in [2.05, 4.69) is 10.3 Å². The van der Waals surface area contributed by atoms with Crippen molar-refractivity contribution in [2.45, 2.75) is 12.6 Å². The Morgan fingerprint density at radius 3 is 2.95 bits per heavy atom. The number of hydrogen-bond donors (Lipinski definition) is 2. The molecule has 0 aliphatic rings. The first kappa shape index (κ1) is 15.9. The van der Waals surface area contributed by atoms with E-state index in [-0.39, 0.29) is 0 Å². The summed E-state index contributed by atoms with van der Waals surface area (Å²) in [6.45, 7) is 2.51.